The van der Waals surface area contributed by atoms with Gasteiger partial charge in [-0.15, -0.1) is 16.4 Å². The minimum absolute atomic E-state index is 0.0559. The van der Waals surface area contributed by atoms with Gasteiger partial charge in [-0.2, -0.15) is 0 Å². The van der Waals surface area contributed by atoms with Crippen molar-refractivity contribution < 1.29 is 22.7 Å². The van der Waals surface area contributed by atoms with Gasteiger partial charge in [0.15, 0.2) is 0 Å². The molecular weight excluding hydrogens is 294 g/mol. The Balaban J connectivity index is 2.37. The molecule has 8 nitrogen and oxygen atoms in total. The van der Waals surface area contributed by atoms with E-state index in [1.807, 2.05) is 0 Å². The third kappa shape index (κ3) is 2.74. The maximum absolute atomic E-state index is 12.0. The number of carboxylic acid groups (broad SMARTS) is 1. The van der Waals surface area contributed by atoms with Gasteiger partial charge in [-0.25, -0.2) is 17.9 Å². The number of rotatable bonds is 4. The number of hydrogen-bond donors (Lipinski definition) is 2. The van der Waals surface area contributed by atoms with Gasteiger partial charge >= 0.3 is 12.0 Å². The molecule has 2 N–H and O–H groups in total. The Morgan fingerprint density at radius 3 is 2.58 bits per heavy atom. The Hall–Kier alpha value is -1.94. The van der Waals surface area contributed by atoms with Crippen LogP contribution in [0.25, 0.3) is 0 Å². The lowest BCUT2D eigenvalue weighted by Gasteiger charge is -2.02. The summed E-state index contributed by atoms with van der Waals surface area (Å²) in [5.41, 5.74) is 0. The van der Waals surface area contributed by atoms with Crippen LogP contribution in [0, 0.1) is 13.8 Å². The van der Waals surface area contributed by atoms with Crippen molar-refractivity contribution in [2.45, 2.75) is 18.7 Å². The number of carboxylic acids is 1. The molecule has 19 heavy (non-hydrogen) atoms. The molecule has 10 heteroatoms. The van der Waals surface area contributed by atoms with E-state index in [0.717, 1.165) is 17.4 Å². The van der Waals surface area contributed by atoms with E-state index in [-0.39, 0.29) is 21.7 Å². The number of aromatic carboxylic acids is 1. The minimum atomic E-state index is -3.94. The average Bonchev–Trinajstić information content (AvgIpc) is 2.85. The van der Waals surface area contributed by atoms with E-state index in [4.69, 9.17) is 9.52 Å². The smallest absolute Gasteiger partial charge is 0.345 e. The molecule has 102 valence electrons. The number of nitrogens with zero attached hydrogens (tertiary/aromatic N) is 2. The highest BCUT2D eigenvalue weighted by atomic mass is 32.2. The summed E-state index contributed by atoms with van der Waals surface area (Å²) in [7, 11) is -3.94. The summed E-state index contributed by atoms with van der Waals surface area (Å²) in [4.78, 5) is 11.0. The second-order valence-electron chi connectivity index (χ2n) is 3.57. The lowest BCUT2D eigenvalue weighted by atomic mass is 10.4. The summed E-state index contributed by atoms with van der Waals surface area (Å²) >= 11 is 0.880. The molecule has 0 fully saturated rings. The van der Waals surface area contributed by atoms with Crippen LogP contribution in [0.5, 0.6) is 0 Å². The maximum Gasteiger partial charge on any atom is 0.345 e. The first kappa shape index (κ1) is 13.5. The van der Waals surface area contributed by atoms with Crippen molar-refractivity contribution in [2.24, 2.45) is 0 Å². The second-order valence-corrected chi connectivity index (χ2v) is 6.48. The number of carbonyl (C=O) groups is 1. The Morgan fingerprint density at radius 2 is 2.11 bits per heavy atom. The molecule has 0 aromatic carbocycles. The molecule has 2 heterocycles. The molecule has 0 aliphatic carbocycles. The van der Waals surface area contributed by atoms with Gasteiger partial charge in [0.25, 0.3) is 10.0 Å². The van der Waals surface area contributed by atoms with E-state index in [1.165, 1.54) is 13.8 Å². The highest BCUT2D eigenvalue weighted by Gasteiger charge is 2.24. The number of sulfonamides is 1. The third-order valence-electron chi connectivity index (χ3n) is 2.12. The SMILES string of the molecule is Cc1nnc(NS(=O)(=O)c2cc(C(=O)O)sc2C)o1. The van der Waals surface area contributed by atoms with Crippen molar-refractivity contribution in [3.8, 4) is 0 Å². The van der Waals surface area contributed by atoms with Crippen LogP contribution in [0.1, 0.15) is 20.4 Å². The van der Waals surface area contributed by atoms with E-state index >= 15 is 0 Å². The van der Waals surface area contributed by atoms with Crippen LogP contribution in [-0.4, -0.2) is 29.7 Å². The summed E-state index contributed by atoms with van der Waals surface area (Å²) in [6.45, 7) is 3.04. The summed E-state index contributed by atoms with van der Waals surface area (Å²) in [6.07, 6.45) is 0. The van der Waals surface area contributed by atoms with Crippen molar-refractivity contribution >= 4 is 33.3 Å². The van der Waals surface area contributed by atoms with Gasteiger partial charge in [0.1, 0.15) is 9.77 Å². The molecule has 2 aromatic heterocycles. The molecule has 0 atom stereocenters. The lowest BCUT2D eigenvalue weighted by Crippen LogP contribution is -2.13. The van der Waals surface area contributed by atoms with Gasteiger partial charge in [0.2, 0.25) is 5.89 Å². The molecule has 0 spiro atoms. The number of hydrogen-bond acceptors (Lipinski definition) is 7. The van der Waals surface area contributed by atoms with E-state index in [9.17, 15) is 13.2 Å². The highest BCUT2D eigenvalue weighted by Crippen LogP contribution is 2.27. The third-order valence-corrected chi connectivity index (χ3v) is 4.73. The molecular formula is C9H9N3O5S2. The van der Waals surface area contributed by atoms with E-state index in [2.05, 4.69) is 14.9 Å². The molecule has 2 rings (SSSR count). The van der Waals surface area contributed by atoms with Crippen LogP contribution in [0.2, 0.25) is 0 Å². The largest absolute Gasteiger partial charge is 0.477 e. The Bertz CT molecular complexity index is 731. The molecule has 0 amide bonds. The van der Waals surface area contributed by atoms with Gasteiger partial charge in [-0.3, -0.25) is 0 Å². The fraction of sp³-hybridized carbons (Fsp3) is 0.222. The Labute approximate surface area is 112 Å². The van der Waals surface area contributed by atoms with Crippen LogP contribution < -0.4 is 4.72 Å². The first-order valence-electron chi connectivity index (χ1n) is 4.96. The van der Waals surface area contributed by atoms with Crippen molar-refractivity contribution in [3.63, 3.8) is 0 Å². The number of anilines is 1. The van der Waals surface area contributed by atoms with E-state index in [0.29, 0.717) is 4.88 Å². The lowest BCUT2D eigenvalue weighted by molar-refractivity contribution is 0.0702. The normalized spacial score (nSPS) is 11.5. The number of thiophene rings is 1. The average molecular weight is 303 g/mol. The predicted octanol–water partition coefficient (Wildman–Crippen LogP) is 1.25. The number of nitrogens with one attached hydrogen (secondary N) is 1. The zero-order chi connectivity index (χ0) is 14.2. The molecule has 0 aliphatic rings. The first-order valence-corrected chi connectivity index (χ1v) is 7.26. The highest BCUT2D eigenvalue weighted by molar-refractivity contribution is 7.92. The van der Waals surface area contributed by atoms with Crippen molar-refractivity contribution in [3.05, 3.63) is 21.7 Å². The van der Waals surface area contributed by atoms with Gasteiger partial charge in [-0.1, -0.05) is 5.10 Å². The van der Waals surface area contributed by atoms with Crippen molar-refractivity contribution in [1.29, 1.82) is 0 Å². The fourth-order valence-electron chi connectivity index (χ4n) is 1.35. The van der Waals surface area contributed by atoms with Crippen molar-refractivity contribution in [2.75, 3.05) is 4.72 Å². The molecule has 0 radical (unpaired) electrons. The second kappa shape index (κ2) is 4.63. The van der Waals surface area contributed by atoms with Gasteiger partial charge in [-0.05, 0) is 13.0 Å². The van der Waals surface area contributed by atoms with Crippen molar-refractivity contribution in [1.82, 2.24) is 10.2 Å². The van der Waals surface area contributed by atoms with E-state index in [1.54, 1.807) is 0 Å². The summed E-state index contributed by atoms with van der Waals surface area (Å²) < 4.78 is 31.1. The minimum Gasteiger partial charge on any atom is -0.477 e. The molecule has 0 unspecified atom stereocenters. The standard InChI is InChI=1S/C9H9N3O5S2/c1-4-7(3-6(18-4)8(13)14)19(15,16)12-9-11-10-5(2)17-9/h3H,1-2H3,(H,11,12)(H,13,14). The number of aryl methyl sites for hydroxylation is 2. The fourth-order valence-corrected chi connectivity index (χ4v) is 3.70. The zero-order valence-electron chi connectivity index (χ0n) is 9.87. The first-order chi connectivity index (χ1) is 8.79. The molecule has 2 aromatic rings. The van der Waals surface area contributed by atoms with Crippen LogP contribution in [-0.2, 0) is 10.0 Å². The van der Waals surface area contributed by atoms with Gasteiger partial charge < -0.3 is 9.52 Å². The Morgan fingerprint density at radius 1 is 1.42 bits per heavy atom. The molecule has 0 aliphatic heterocycles. The zero-order valence-corrected chi connectivity index (χ0v) is 11.5. The van der Waals surface area contributed by atoms with Crippen LogP contribution in [0.3, 0.4) is 0 Å². The molecule has 0 saturated heterocycles. The van der Waals surface area contributed by atoms with Gasteiger partial charge in [0.05, 0.1) is 0 Å². The summed E-state index contributed by atoms with van der Waals surface area (Å²) in [5.74, 6) is -0.964. The van der Waals surface area contributed by atoms with Crippen LogP contribution in [0.4, 0.5) is 6.01 Å². The van der Waals surface area contributed by atoms with Crippen LogP contribution >= 0.6 is 11.3 Å². The molecule has 0 bridgehead atoms. The predicted molar refractivity (Wildman–Crippen MR) is 65.9 cm³/mol. The Kier molecular flexibility index (Phi) is 3.28. The summed E-state index contributed by atoms with van der Waals surface area (Å²) in [6, 6.07) is 0.827. The maximum atomic E-state index is 12.0. The van der Waals surface area contributed by atoms with E-state index < -0.39 is 16.0 Å². The molecule has 0 saturated carbocycles. The summed E-state index contributed by atoms with van der Waals surface area (Å²) in [5, 5.41) is 15.8. The van der Waals surface area contributed by atoms with Gasteiger partial charge in [0, 0.05) is 11.8 Å². The number of aromatic nitrogens is 2. The quantitative estimate of drug-likeness (QED) is 0.871. The van der Waals surface area contributed by atoms with Crippen LogP contribution in [0.15, 0.2) is 15.4 Å². The monoisotopic (exact) mass is 303 g/mol. The topological polar surface area (TPSA) is 122 Å².